The molecule has 0 unspecified atom stereocenters. The van der Waals surface area contributed by atoms with Crippen LogP contribution in [0.3, 0.4) is 0 Å². The standard InChI is InChI=1S/C26H20N4O5/c31-19-9-10-29-23(24(19)32)26(33)28-11-12-34-13-20(28)30(29)22-16-6-2-1-5-15(16)21-25(35-14-27-21)18-8-4-3-7-17(18)22/h1-10,14,20,22,32H,11-13H2/t20-,22+/m1/s1. The van der Waals surface area contributed by atoms with Crippen molar-refractivity contribution in [2.24, 2.45) is 0 Å². The Kier molecular flexibility index (Phi) is 4.19. The molecule has 2 aliphatic heterocycles. The van der Waals surface area contributed by atoms with Gasteiger partial charge in [-0.15, -0.1) is 0 Å². The number of benzene rings is 2. The van der Waals surface area contributed by atoms with E-state index >= 15 is 0 Å². The Bertz CT molecular complexity index is 1500. The largest absolute Gasteiger partial charge is 0.502 e. The number of fused-ring (bicyclic) bond motifs is 7. The first-order valence-corrected chi connectivity index (χ1v) is 11.4. The van der Waals surface area contributed by atoms with Gasteiger partial charge in [-0.25, -0.2) is 4.98 Å². The van der Waals surface area contributed by atoms with Crippen molar-refractivity contribution < 1.29 is 19.1 Å². The minimum absolute atomic E-state index is 0.0513. The summed E-state index contributed by atoms with van der Waals surface area (Å²) in [4.78, 5) is 32.0. The fraction of sp³-hybridized carbons (Fsp3) is 0.192. The fourth-order valence-corrected chi connectivity index (χ4v) is 5.51. The molecule has 35 heavy (non-hydrogen) atoms. The smallest absolute Gasteiger partial charge is 0.278 e. The van der Waals surface area contributed by atoms with Crippen LogP contribution in [0.1, 0.15) is 27.7 Å². The molecule has 0 bridgehead atoms. The number of oxazole rings is 1. The van der Waals surface area contributed by atoms with Crippen LogP contribution in [0.15, 0.2) is 76.4 Å². The number of morpholine rings is 1. The van der Waals surface area contributed by atoms with E-state index in [4.69, 9.17) is 9.15 Å². The predicted octanol–water partition coefficient (Wildman–Crippen LogP) is 2.73. The highest BCUT2D eigenvalue weighted by Gasteiger charge is 2.46. The van der Waals surface area contributed by atoms with Gasteiger partial charge in [0.2, 0.25) is 5.43 Å². The molecule has 4 heterocycles. The molecule has 2 aromatic heterocycles. The summed E-state index contributed by atoms with van der Waals surface area (Å²) in [5.41, 5.74) is 3.78. The summed E-state index contributed by atoms with van der Waals surface area (Å²) in [6.45, 7) is 1.01. The summed E-state index contributed by atoms with van der Waals surface area (Å²) >= 11 is 0. The molecule has 174 valence electrons. The fourth-order valence-electron chi connectivity index (χ4n) is 5.51. The van der Waals surface area contributed by atoms with Gasteiger partial charge in [0.15, 0.2) is 23.6 Å². The molecule has 2 atom stereocenters. The number of hydrogen-bond acceptors (Lipinski definition) is 7. The SMILES string of the molecule is O=C1c2c(O)c(=O)ccn2N([C@H]2c3ccccc3-c3ncoc3-c3ccccc32)[C@@H]2COCCN12. The van der Waals surface area contributed by atoms with Gasteiger partial charge in [0.1, 0.15) is 11.9 Å². The van der Waals surface area contributed by atoms with Crippen LogP contribution in [0.5, 0.6) is 5.75 Å². The molecular weight excluding hydrogens is 448 g/mol. The zero-order valence-corrected chi connectivity index (χ0v) is 18.5. The highest BCUT2D eigenvalue weighted by molar-refractivity contribution is 5.96. The molecule has 2 aromatic carbocycles. The van der Waals surface area contributed by atoms with Crippen LogP contribution in [0, 0.1) is 0 Å². The monoisotopic (exact) mass is 468 g/mol. The topological polar surface area (TPSA) is 101 Å². The maximum absolute atomic E-state index is 13.4. The summed E-state index contributed by atoms with van der Waals surface area (Å²) in [5.74, 6) is -0.284. The number of aromatic nitrogens is 2. The number of pyridine rings is 1. The van der Waals surface area contributed by atoms with Crippen molar-refractivity contribution in [3.8, 4) is 28.3 Å². The molecule has 0 radical (unpaired) electrons. The van der Waals surface area contributed by atoms with Gasteiger partial charge in [-0.05, 0) is 11.1 Å². The van der Waals surface area contributed by atoms with Crippen molar-refractivity contribution in [2.45, 2.75) is 12.2 Å². The van der Waals surface area contributed by atoms with E-state index < -0.39 is 29.3 Å². The third kappa shape index (κ3) is 2.69. The van der Waals surface area contributed by atoms with Crippen LogP contribution >= 0.6 is 0 Å². The van der Waals surface area contributed by atoms with E-state index in [1.165, 1.54) is 12.5 Å². The minimum Gasteiger partial charge on any atom is -0.502 e. The summed E-state index contributed by atoms with van der Waals surface area (Å²) in [7, 11) is 0. The number of hydrogen-bond donors (Lipinski definition) is 1. The van der Waals surface area contributed by atoms with Crippen molar-refractivity contribution in [1.29, 1.82) is 0 Å². The lowest BCUT2D eigenvalue weighted by Crippen LogP contribution is -2.66. The van der Waals surface area contributed by atoms with Crippen molar-refractivity contribution in [2.75, 3.05) is 24.8 Å². The Hall–Kier alpha value is -4.37. The molecule has 1 amide bonds. The lowest BCUT2D eigenvalue weighted by atomic mass is 9.92. The predicted molar refractivity (Wildman–Crippen MR) is 125 cm³/mol. The van der Waals surface area contributed by atoms with Gasteiger partial charge < -0.3 is 19.2 Å². The average Bonchev–Trinajstić information content (AvgIpc) is 3.34. The average molecular weight is 468 g/mol. The van der Waals surface area contributed by atoms with Gasteiger partial charge in [-0.3, -0.25) is 19.3 Å². The van der Waals surface area contributed by atoms with Crippen molar-refractivity contribution in [1.82, 2.24) is 14.6 Å². The molecule has 7 rings (SSSR count). The normalized spacial score (nSPS) is 20.3. The Morgan fingerprint density at radius 2 is 1.71 bits per heavy atom. The number of carbonyl (C=O) groups is 1. The molecule has 0 spiro atoms. The number of ether oxygens (including phenoxy) is 1. The van der Waals surface area contributed by atoms with Crippen LogP contribution in [-0.2, 0) is 4.74 Å². The summed E-state index contributed by atoms with van der Waals surface area (Å²) in [5, 5.41) is 12.7. The number of carbonyl (C=O) groups excluding carboxylic acids is 1. The van der Waals surface area contributed by atoms with E-state index in [1.807, 2.05) is 53.5 Å². The second-order valence-corrected chi connectivity index (χ2v) is 8.76. The Labute approximate surface area is 199 Å². The molecule has 1 fully saturated rings. The quantitative estimate of drug-likeness (QED) is 0.458. The minimum atomic E-state index is -0.596. The third-order valence-electron chi connectivity index (χ3n) is 7.02. The maximum Gasteiger partial charge on any atom is 0.278 e. The van der Waals surface area contributed by atoms with Crippen molar-refractivity contribution in [3.63, 3.8) is 0 Å². The first-order chi connectivity index (χ1) is 17.1. The molecule has 9 heteroatoms. The van der Waals surface area contributed by atoms with Gasteiger partial charge in [0.05, 0.1) is 19.3 Å². The number of rotatable bonds is 1. The first kappa shape index (κ1) is 20.0. The Balaban J connectivity index is 1.57. The molecule has 4 aromatic rings. The van der Waals surface area contributed by atoms with Crippen LogP contribution in [-0.4, -0.2) is 51.5 Å². The zero-order valence-electron chi connectivity index (χ0n) is 18.5. The highest BCUT2D eigenvalue weighted by Crippen LogP contribution is 2.47. The first-order valence-electron chi connectivity index (χ1n) is 11.4. The van der Waals surface area contributed by atoms with Gasteiger partial charge in [0, 0.05) is 29.9 Å². The Morgan fingerprint density at radius 3 is 2.54 bits per heavy atom. The van der Waals surface area contributed by atoms with Crippen LogP contribution in [0.2, 0.25) is 0 Å². The second-order valence-electron chi connectivity index (χ2n) is 8.76. The Morgan fingerprint density at radius 1 is 0.971 bits per heavy atom. The van der Waals surface area contributed by atoms with Gasteiger partial charge in [-0.2, -0.15) is 0 Å². The molecular formula is C26H20N4O5. The number of nitrogens with zero attached hydrogens (tertiary/aromatic N) is 4. The second kappa shape index (κ2) is 7.31. The zero-order chi connectivity index (χ0) is 23.7. The van der Waals surface area contributed by atoms with Crippen molar-refractivity contribution >= 4 is 5.91 Å². The lowest BCUT2D eigenvalue weighted by Gasteiger charge is -2.51. The van der Waals surface area contributed by atoms with E-state index in [2.05, 4.69) is 4.98 Å². The molecule has 3 aliphatic rings. The van der Waals surface area contributed by atoms with Gasteiger partial charge >= 0.3 is 0 Å². The van der Waals surface area contributed by atoms with Crippen LogP contribution in [0.4, 0.5) is 0 Å². The summed E-state index contributed by atoms with van der Waals surface area (Å²) in [6, 6.07) is 16.8. The highest BCUT2D eigenvalue weighted by atomic mass is 16.5. The molecule has 0 saturated carbocycles. The van der Waals surface area contributed by atoms with Crippen LogP contribution < -0.4 is 10.4 Å². The van der Waals surface area contributed by atoms with E-state index in [9.17, 15) is 14.7 Å². The van der Waals surface area contributed by atoms with Gasteiger partial charge in [-0.1, -0.05) is 48.5 Å². The van der Waals surface area contributed by atoms with Crippen LogP contribution in [0.25, 0.3) is 22.6 Å². The lowest BCUT2D eigenvalue weighted by molar-refractivity contribution is -0.0196. The van der Waals surface area contributed by atoms with E-state index in [0.29, 0.717) is 18.9 Å². The molecule has 1 saturated heterocycles. The summed E-state index contributed by atoms with van der Waals surface area (Å²) in [6.07, 6.45) is 2.54. The summed E-state index contributed by atoms with van der Waals surface area (Å²) < 4.78 is 13.3. The molecule has 1 aliphatic carbocycles. The third-order valence-corrected chi connectivity index (χ3v) is 7.02. The molecule has 1 N–H and O–H groups in total. The van der Waals surface area contributed by atoms with E-state index in [-0.39, 0.29) is 12.3 Å². The number of aromatic hydroxyl groups is 1. The number of amides is 1. The van der Waals surface area contributed by atoms with E-state index in [1.54, 1.807) is 15.8 Å². The molecule has 9 nitrogen and oxygen atoms in total. The van der Waals surface area contributed by atoms with E-state index in [0.717, 1.165) is 27.9 Å². The van der Waals surface area contributed by atoms with Crippen molar-refractivity contribution in [3.05, 3.63) is 94.2 Å². The van der Waals surface area contributed by atoms with Gasteiger partial charge in [0.25, 0.3) is 5.91 Å². The maximum atomic E-state index is 13.4.